The van der Waals surface area contributed by atoms with E-state index in [2.05, 4.69) is 33.1 Å². The number of hydrogen-bond donors (Lipinski definition) is 2. The number of fused-ring (bicyclic) bond motifs is 1. The van der Waals surface area contributed by atoms with Crippen molar-refractivity contribution >= 4 is 28.4 Å². The minimum Gasteiger partial charge on any atom is -0.383 e. The summed E-state index contributed by atoms with van der Waals surface area (Å²) in [4.78, 5) is 16.7. The van der Waals surface area contributed by atoms with Gasteiger partial charge < -0.3 is 15.6 Å². The lowest BCUT2D eigenvalue weighted by molar-refractivity contribution is 0.102. The predicted molar refractivity (Wildman–Crippen MR) is 110 cm³/mol. The van der Waals surface area contributed by atoms with Crippen LogP contribution in [0.15, 0.2) is 66.7 Å². The summed E-state index contributed by atoms with van der Waals surface area (Å²) >= 11 is 0. The molecule has 0 aliphatic heterocycles. The van der Waals surface area contributed by atoms with Gasteiger partial charge in [-0.1, -0.05) is 35.9 Å². The van der Waals surface area contributed by atoms with E-state index in [-0.39, 0.29) is 5.91 Å². The molecule has 0 saturated heterocycles. The average Bonchev–Trinajstić information content (AvgIpc) is 2.99. The lowest BCUT2D eigenvalue weighted by Gasteiger charge is -2.10. The Kier molecular flexibility index (Phi) is 4.12. The van der Waals surface area contributed by atoms with Gasteiger partial charge in [0.05, 0.1) is 5.69 Å². The third kappa shape index (κ3) is 3.15. The molecule has 3 N–H and O–H groups in total. The number of carbonyl (C=O) groups excluding carboxylic acids is 1. The van der Waals surface area contributed by atoms with E-state index < -0.39 is 0 Å². The van der Waals surface area contributed by atoms with E-state index in [9.17, 15) is 4.79 Å². The summed E-state index contributed by atoms with van der Waals surface area (Å²) in [5.74, 6) is 0.599. The fourth-order valence-corrected chi connectivity index (χ4v) is 3.20. The lowest BCUT2D eigenvalue weighted by Crippen LogP contribution is -2.13. The van der Waals surface area contributed by atoms with Crippen LogP contribution in [0, 0.1) is 6.92 Å². The van der Waals surface area contributed by atoms with Gasteiger partial charge in [0.2, 0.25) is 0 Å². The highest BCUT2D eigenvalue weighted by molar-refractivity contribution is 6.04. The van der Waals surface area contributed by atoms with Crippen molar-refractivity contribution in [3.05, 3.63) is 77.9 Å². The molecule has 5 heteroatoms. The summed E-state index contributed by atoms with van der Waals surface area (Å²) < 4.78 is 2.09. The van der Waals surface area contributed by atoms with Gasteiger partial charge in [0.15, 0.2) is 0 Å². The van der Waals surface area contributed by atoms with Crippen LogP contribution in [0.1, 0.15) is 15.9 Å². The SMILES string of the molecule is Cc1ccc(C(=O)Nc2ccc(-c3cc4ccccc4n3C)c(N)n2)cc1. The minimum absolute atomic E-state index is 0.209. The Labute approximate surface area is 157 Å². The molecule has 0 aliphatic carbocycles. The molecule has 27 heavy (non-hydrogen) atoms. The molecule has 0 bridgehead atoms. The van der Waals surface area contributed by atoms with Gasteiger partial charge in [-0.3, -0.25) is 4.79 Å². The Morgan fingerprint density at radius 2 is 1.78 bits per heavy atom. The molecule has 5 nitrogen and oxygen atoms in total. The van der Waals surface area contributed by atoms with Gasteiger partial charge in [-0.15, -0.1) is 0 Å². The Morgan fingerprint density at radius 3 is 2.48 bits per heavy atom. The number of anilines is 2. The quantitative estimate of drug-likeness (QED) is 0.572. The molecular formula is C22H20N4O. The Bertz CT molecular complexity index is 1140. The molecule has 4 aromatic rings. The maximum absolute atomic E-state index is 12.4. The van der Waals surface area contributed by atoms with Crippen LogP contribution in [-0.2, 0) is 7.05 Å². The monoisotopic (exact) mass is 356 g/mol. The first-order chi connectivity index (χ1) is 13.0. The van der Waals surface area contributed by atoms with Crippen molar-refractivity contribution in [1.29, 1.82) is 0 Å². The maximum atomic E-state index is 12.4. The van der Waals surface area contributed by atoms with Crippen molar-refractivity contribution in [1.82, 2.24) is 9.55 Å². The zero-order valence-electron chi connectivity index (χ0n) is 15.2. The summed E-state index contributed by atoms with van der Waals surface area (Å²) in [6, 6.07) is 21.3. The number of nitrogens with zero attached hydrogens (tertiary/aromatic N) is 2. The molecule has 2 heterocycles. The van der Waals surface area contributed by atoms with Crippen LogP contribution in [0.4, 0.5) is 11.6 Å². The van der Waals surface area contributed by atoms with Gasteiger partial charge >= 0.3 is 0 Å². The molecule has 0 spiro atoms. The Balaban J connectivity index is 1.63. The van der Waals surface area contributed by atoms with Crippen molar-refractivity contribution in [2.75, 3.05) is 11.1 Å². The van der Waals surface area contributed by atoms with E-state index >= 15 is 0 Å². The number of carbonyl (C=O) groups is 1. The molecule has 0 aliphatic rings. The lowest BCUT2D eigenvalue weighted by atomic mass is 10.1. The molecule has 2 aromatic carbocycles. The van der Waals surface area contributed by atoms with E-state index in [1.54, 1.807) is 18.2 Å². The second-order valence-electron chi connectivity index (χ2n) is 6.60. The van der Waals surface area contributed by atoms with Crippen molar-refractivity contribution < 1.29 is 4.79 Å². The summed E-state index contributed by atoms with van der Waals surface area (Å²) in [7, 11) is 2.00. The van der Waals surface area contributed by atoms with E-state index in [0.29, 0.717) is 17.2 Å². The van der Waals surface area contributed by atoms with Gasteiger partial charge in [-0.2, -0.15) is 0 Å². The number of hydrogen-bond acceptors (Lipinski definition) is 3. The molecule has 2 aromatic heterocycles. The highest BCUT2D eigenvalue weighted by Gasteiger charge is 2.13. The van der Waals surface area contributed by atoms with Crippen molar-refractivity contribution in [3.8, 4) is 11.3 Å². The van der Waals surface area contributed by atoms with E-state index in [0.717, 1.165) is 27.7 Å². The zero-order valence-corrected chi connectivity index (χ0v) is 15.2. The number of rotatable bonds is 3. The van der Waals surface area contributed by atoms with Crippen LogP contribution in [0.2, 0.25) is 0 Å². The highest BCUT2D eigenvalue weighted by atomic mass is 16.1. The fourth-order valence-electron chi connectivity index (χ4n) is 3.20. The van der Waals surface area contributed by atoms with Gasteiger partial charge in [-0.05, 0) is 43.3 Å². The van der Waals surface area contributed by atoms with Gasteiger partial charge in [0, 0.05) is 29.1 Å². The molecule has 0 atom stereocenters. The summed E-state index contributed by atoms with van der Waals surface area (Å²) in [6.45, 7) is 1.98. The van der Waals surface area contributed by atoms with Crippen LogP contribution < -0.4 is 11.1 Å². The van der Waals surface area contributed by atoms with E-state index in [1.165, 1.54) is 0 Å². The fraction of sp³-hybridized carbons (Fsp3) is 0.0909. The second-order valence-corrected chi connectivity index (χ2v) is 6.60. The van der Waals surface area contributed by atoms with Crippen molar-refractivity contribution in [2.24, 2.45) is 7.05 Å². The number of amides is 1. The first kappa shape index (κ1) is 16.8. The number of para-hydroxylation sites is 1. The molecule has 1 amide bonds. The number of benzene rings is 2. The summed E-state index contributed by atoms with van der Waals surface area (Å²) in [6.07, 6.45) is 0. The number of pyridine rings is 1. The molecule has 4 rings (SSSR count). The molecule has 134 valence electrons. The van der Waals surface area contributed by atoms with Crippen LogP contribution in [0.5, 0.6) is 0 Å². The smallest absolute Gasteiger partial charge is 0.256 e. The predicted octanol–water partition coefficient (Wildman–Crippen LogP) is 4.38. The highest BCUT2D eigenvalue weighted by Crippen LogP contribution is 2.30. The Morgan fingerprint density at radius 1 is 1.04 bits per heavy atom. The summed E-state index contributed by atoms with van der Waals surface area (Å²) in [5, 5.41) is 3.95. The number of nitrogens with two attached hydrogens (primary N) is 1. The molecular weight excluding hydrogens is 336 g/mol. The van der Waals surface area contributed by atoms with Gasteiger partial charge in [-0.25, -0.2) is 4.98 Å². The number of nitrogens with one attached hydrogen (secondary N) is 1. The van der Waals surface area contributed by atoms with Crippen LogP contribution in [-0.4, -0.2) is 15.5 Å². The van der Waals surface area contributed by atoms with E-state index in [4.69, 9.17) is 5.73 Å². The first-order valence-corrected chi connectivity index (χ1v) is 8.72. The normalized spacial score (nSPS) is 10.9. The van der Waals surface area contributed by atoms with E-state index in [1.807, 2.05) is 44.3 Å². The standard InChI is InChI=1S/C22H20N4O/c1-14-7-9-15(10-8-14)22(27)25-20-12-11-17(21(23)24-20)19-13-16-5-3-4-6-18(16)26(19)2/h3-13H,1-2H3,(H3,23,24,25,27). The van der Waals surface area contributed by atoms with Crippen LogP contribution in [0.25, 0.3) is 22.2 Å². The Hall–Kier alpha value is -3.60. The molecule has 0 radical (unpaired) electrons. The van der Waals surface area contributed by atoms with Crippen molar-refractivity contribution in [3.63, 3.8) is 0 Å². The first-order valence-electron chi connectivity index (χ1n) is 8.72. The third-order valence-electron chi connectivity index (χ3n) is 4.71. The zero-order chi connectivity index (χ0) is 19.0. The van der Waals surface area contributed by atoms with Crippen molar-refractivity contribution in [2.45, 2.75) is 6.92 Å². The largest absolute Gasteiger partial charge is 0.383 e. The second kappa shape index (κ2) is 6.61. The topological polar surface area (TPSA) is 72.9 Å². The minimum atomic E-state index is -0.209. The number of aryl methyl sites for hydroxylation is 2. The van der Waals surface area contributed by atoms with Crippen LogP contribution in [0.3, 0.4) is 0 Å². The maximum Gasteiger partial charge on any atom is 0.256 e. The molecule has 0 fully saturated rings. The van der Waals surface area contributed by atoms with Crippen LogP contribution >= 0.6 is 0 Å². The number of nitrogen functional groups attached to an aromatic ring is 1. The van der Waals surface area contributed by atoms with Gasteiger partial charge in [0.1, 0.15) is 11.6 Å². The molecule has 0 unspecified atom stereocenters. The third-order valence-corrected chi connectivity index (χ3v) is 4.71. The summed E-state index contributed by atoms with van der Waals surface area (Å²) in [5.41, 5.74) is 10.8. The van der Waals surface area contributed by atoms with Gasteiger partial charge in [0.25, 0.3) is 5.91 Å². The average molecular weight is 356 g/mol. The molecule has 0 saturated carbocycles. The number of aromatic nitrogens is 2.